The normalized spacial score (nSPS) is 27.7. The van der Waals surface area contributed by atoms with E-state index >= 15 is 0 Å². The predicted octanol–water partition coefficient (Wildman–Crippen LogP) is 1.29. The van der Waals surface area contributed by atoms with Crippen molar-refractivity contribution in [3.05, 3.63) is 35.9 Å². The Kier molecular flexibility index (Phi) is 2.95. The quantitative estimate of drug-likeness (QED) is 0.878. The number of hydrogen-bond donors (Lipinski definition) is 1. The van der Waals surface area contributed by atoms with E-state index in [1.54, 1.807) is 31.2 Å². The minimum Gasteiger partial charge on any atom is -0.481 e. The number of carbonyl (C=O) groups is 1. The van der Waals surface area contributed by atoms with Crippen LogP contribution < -0.4 is 0 Å². The number of sulfone groups is 1. The summed E-state index contributed by atoms with van der Waals surface area (Å²) in [5, 5.41) is 8.29. The summed E-state index contributed by atoms with van der Waals surface area (Å²) in [6, 6.07) is 8.98. The van der Waals surface area contributed by atoms with Crippen molar-refractivity contribution in [2.45, 2.75) is 18.1 Å². The summed E-state index contributed by atoms with van der Waals surface area (Å²) in [6.07, 6.45) is 0. The van der Waals surface area contributed by atoms with Crippen LogP contribution in [0.3, 0.4) is 0 Å². The summed E-state index contributed by atoms with van der Waals surface area (Å²) in [4.78, 5) is 11.1. The van der Waals surface area contributed by atoms with Gasteiger partial charge in [-0.05, 0) is 5.56 Å². The molecule has 3 atom stereocenters. The molecule has 1 aliphatic rings. The van der Waals surface area contributed by atoms with Crippen LogP contribution in [0.5, 0.6) is 0 Å². The van der Waals surface area contributed by atoms with Gasteiger partial charge in [0.2, 0.25) is 0 Å². The molecule has 0 heterocycles. The molecule has 1 aromatic rings. The van der Waals surface area contributed by atoms with E-state index in [0.29, 0.717) is 0 Å². The average molecular weight is 254 g/mol. The minimum atomic E-state index is -3.30. The Morgan fingerprint density at radius 1 is 1.29 bits per heavy atom. The molecule has 2 rings (SSSR count). The standard InChI is InChI=1S/C12H14O4S/c1-2-17(15,16)11-9(10(11)12(13)14)8-6-4-3-5-7-8/h3-7,9-11H,2H2,1H3,(H,13,14)/t9-,10-,11+/m0/s1. The third-order valence-corrected chi connectivity index (χ3v) is 5.46. The number of carboxylic acid groups (broad SMARTS) is 1. The van der Waals surface area contributed by atoms with Gasteiger partial charge in [-0.15, -0.1) is 0 Å². The van der Waals surface area contributed by atoms with E-state index in [2.05, 4.69) is 0 Å². The zero-order valence-electron chi connectivity index (χ0n) is 9.41. The Hall–Kier alpha value is -1.36. The van der Waals surface area contributed by atoms with Gasteiger partial charge in [0.1, 0.15) is 0 Å². The van der Waals surface area contributed by atoms with Crippen LogP contribution in [0.25, 0.3) is 0 Å². The topological polar surface area (TPSA) is 71.4 Å². The van der Waals surface area contributed by atoms with E-state index in [1.165, 1.54) is 0 Å². The van der Waals surface area contributed by atoms with Crippen molar-refractivity contribution >= 4 is 15.8 Å². The van der Waals surface area contributed by atoms with Crippen molar-refractivity contribution in [1.82, 2.24) is 0 Å². The summed E-state index contributed by atoms with van der Waals surface area (Å²) >= 11 is 0. The molecule has 5 heteroatoms. The Morgan fingerprint density at radius 3 is 2.35 bits per heavy atom. The van der Waals surface area contributed by atoms with Gasteiger partial charge >= 0.3 is 5.97 Å². The van der Waals surface area contributed by atoms with Crippen molar-refractivity contribution in [2.75, 3.05) is 5.75 Å². The number of benzene rings is 1. The lowest BCUT2D eigenvalue weighted by molar-refractivity contribution is -0.138. The highest BCUT2D eigenvalue weighted by atomic mass is 32.2. The maximum atomic E-state index is 11.8. The summed E-state index contributed by atoms with van der Waals surface area (Å²) < 4.78 is 23.6. The lowest BCUT2D eigenvalue weighted by atomic mass is 10.1. The Morgan fingerprint density at radius 2 is 1.88 bits per heavy atom. The molecule has 0 amide bonds. The van der Waals surface area contributed by atoms with Crippen LogP contribution >= 0.6 is 0 Å². The number of rotatable bonds is 4. The first-order valence-corrected chi connectivity index (χ1v) is 7.20. The molecule has 1 N–H and O–H groups in total. The molecule has 0 unspecified atom stereocenters. The van der Waals surface area contributed by atoms with Crippen LogP contribution in [-0.2, 0) is 14.6 Å². The molecule has 0 saturated heterocycles. The molecule has 0 aliphatic heterocycles. The molecule has 17 heavy (non-hydrogen) atoms. The van der Waals surface area contributed by atoms with E-state index in [9.17, 15) is 13.2 Å². The van der Waals surface area contributed by atoms with Crippen LogP contribution in [0.2, 0.25) is 0 Å². The highest BCUT2D eigenvalue weighted by Gasteiger charge is 2.62. The van der Waals surface area contributed by atoms with Crippen molar-refractivity contribution in [3.8, 4) is 0 Å². The first-order chi connectivity index (χ1) is 7.99. The van der Waals surface area contributed by atoms with Crippen LogP contribution in [0, 0.1) is 5.92 Å². The van der Waals surface area contributed by atoms with Crippen LogP contribution in [-0.4, -0.2) is 30.5 Å². The fourth-order valence-corrected chi connectivity index (χ4v) is 4.09. The second kappa shape index (κ2) is 4.14. The van der Waals surface area contributed by atoms with E-state index < -0.39 is 32.9 Å². The molecule has 0 bridgehead atoms. The second-order valence-corrected chi connectivity index (χ2v) is 6.66. The number of hydrogen-bond acceptors (Lipinski definition) is 3. The Bertz CT molecular complexity index is 521. The van der Waals surface area contributed by atoms with Gasteiger partial charge in [-0.25, -0.2) is 8.42 Å². The molecule has 4 nitrogen and oxygen atoms in total. The first-order valence-electron chi connectivity index (χ1n) is 5.48. The van der Waals surface area contributed by atoms with Crippen molar-refractivity contribution in [2.24, 2.45) is 5.92 Å². The molecule has 0 radical (unpaired) electrons. The molecule has 1 fully saturated rings. The summed E-state index contributed by atoms with van der Waals surface area (Å²) in [5.74, 6) is -2.22. The third-order valence-electron chi connectivity index (χ3n) is 3.24. The molecule has 92 valence electrons. The van der Waals surface area contributed by atoms with Gasteiger partial charge in [0.05, 0.1) is 11.2 Å². The maximum absolute atomic E-state index is 11.8. The largest absolute Gasteiger partial charge is 0.481 e. The van der Waals surface area contributed by atoms with Crippen LogP contribution in [0.4, 0.5) is 0 Å². The Labute approximate surface area is 100 Å². The molecular weight excluding hydrogens is 240 g/mol. The highest BCUT2D eigenvalue weighted by Crippen LogP contribution is 2.52. The van der Waals surface area contributed by atoms with Gasteiger partial charge in [0, 0.05) is 11.7 Å². The van der Waals surface area contributed by atoms with E-state index in [4.69, 9.17) is 5.11 Å². The molecular formula is C12H14O4S. The van der Waals surface area contributed by atoms with Gasteiger partial charge < -0.3 is 5.11 Å². The van der Waals surface area contributed by atoms with E-state index in [1.807, 2.05) is 6.07 Å². The second-order valence-electron chi connectivity index (χ2n) is 4.22. The van der Waals surface area contributed by atoms with E-state index in [0.717, 1.165) is 5.56 Å². The summed E-state index contributed by atoms with van der Waals surface area (Å²) in [6.45, 7) is 1.55. The first kappa shape index (κ1) is 12.1. The van der Waals surface area contributed by atoms with Gasteiger partial charge in [-0.2, -0.15) is 0 Å². The van der Waals surface area contributed by atoms with Gasteiger partial charge in [-0.1, -0.05) is 37.3 Å². The predicted molar refractivity (Wildman–Crippen MR) is 63.6 cm³/mol. The van der Waals surface area contributed by atoms with Crippen molar-refractivity contribution in [3.63, 3.8) is 0 Å². The molecule has 0 spiro atoms. The summed E-state index contributed by atoms with van der Waals surface area (Å²) in [7, 11) is -3.30. The maximum Gasteiger partial charge on any atom is 0.308 e. The lowest BCUT2D eigenvalue weighted by Crippen LogP contribution is -2.14. The number of carboxylic acids is 1. The third kappa shape index (κ3) is 2.07. The smallest absolute Gasteiger partial charge is 0.308 e. The van der Waals surface area contributed by atoms with E-state index in [-0.39, 0.29) is 5.75 Å². The molecule has 1 aliphatic carbocycles. The zero-order valence-corrected chi connectivity index (χ0v) is 10.2. The number of aliphatic carboxylic acids is 1. The van der Waals surface area contributed by atoms with Crippen molar-refractivity contribution in [1.29, 1.82) is 0 Å². The van der Waals surface area contributed by atoms with Crippen molar-refractivity contribution < 1.29 is 18.3 Å². The van der Waals surface area contributed by atoms with Gasteiger partial charge in [0.15, 0.2) is 9.84 Å². The SMILES string of the molecule is CCS(=O)(=O)[C@H]1[C@@H](C(=O)O)[C@@H]1c1ccccc1. The lowest BCUT2D eigenvalue weighted by Gasteiger charge is -1.99. The highest BCUT2D eigenvalue weighted by molar-refractivity contribution is 7.92. The average Bonchev–Trinajstić information content (AvgIpc) is 3.06. The summed E-state index contributed by atoms with van der Waals surface area (Å²) in [5.41, 5.74) is 0.793. The molecule has 1 aromatic carbocycles. The van der Waals surface area contributed by atoms with Gasteiger partial charge in [-0.3, -0.25) is 4.79 Å². The fourth-order valence-electron chi connectivity index (χ4n) is 2.29. The fraction of sp³-hybridized carbons (Fsp3) is 0.417. The van der Waals surface area contributed by atoms with Crippen LogP contribution in [0.15, 0.2) is 30.3 Å². The molecule has 0 aromatic heterocycles. The minimum absolute atomic E-state index is 0.00915. The monoisotopic (exact) mass is 254 g/mol. The van der Waals surface area contributed by atoms with Gasteiger partial charge in [0.25, 0.3) is 0 Å². The van der Waals surface area contributed by atoms with Crippen LogP contribution in [0.1, 0.15) is 18.4 Å². The Balaban J connectivity index is 2.34. The molecule has 1 saturated carbocycles. The zero-order chi connectivity index (χ0) is 12.6.